The van der Waals surface area contributed by atoms with Gasteiger partial charge in [-0.05, 0) is 10.8 Å². The average molecular weight is 272 g/mol. The SMILES string of the molecule is OCCC1(c2nn[nH]n2)NC=CN1Cc1ccccc1. The Morgan fingerprint density at radius 1 is 1.25 bits per heavy atom. The largest absolute Gasteiger partial charge is 0.396 e. The molecule has 1 aromatic carbocycles. The summed E-state index contributed by atoms with van der Waals surface area (Å²) in [6.07, 6.45) is 4.25. The highest BCUT2D eigenvalue weighted by Crippen LogP contribution is 2.31. The molecule has 0 bridgehead atoms. The molecule has 7 nitrogen and oxygen atoms in total. The number of aromatic nitrogens is 4. The van der Waals surface area contributed by atoms with Gasteiger partial charge in [0.1, 0.15) is 0 Å². The highest BCUT2D eigenvalue weighted by Gasteiger charge is 2.42. The van der Waals surface area contributed by atoms with E-state index in [-0.39, 0.29) is 6.61 Å². The molecule has 3 N–H and O–H groups in total. The molecule has 0 saturated heterocycles. The van der Waals surface area contributed by atoms with Crippen molar-refractivity contribution in [3.8, 4) is 0 Å². The van der Waals surface area contributed by atoms with Crippen LogP contribution in [0.3, 0.4) is 0 Å². The van der Waals surface area contributed by atoms with Crippen LogP contribution in [0.4, 0.5) is 0 Å². The molecule has 1 aromatic heterocycles. The Hall–Kier alpha value is -2.41. The highest BCUT2D eigenvalue weighted by atomic mass is 16.3. The number of nitrogens with one attached hydrogen (secondary N) is 2. The van der Waals surface area contributed by atoms with Gasteiger partial charge in [-0.1, -0.05) is 30.3 Å². The number of nitrogens with zero attached hydrogens (tertiary/aromatic N) is 4. The molecule has 1 aliphatic heterocycles. The zero-order valence-corrected chi connectivity index (χ0v) is 10.9. The van der Waals surface area contributed by atoms with Gasteiger partial charge in [0, 0.05) is 32.0 Å². The number of H-pyrrole nitrogens is 1. The van der Waals surface area contributed by atoms with Crippen molar-refractivity contribution >= 4 is 0 Å². The van der Waals surface area contributed by atoms with Crippen molar-refractivity contribution in [2.75, 3.05) is 6.61 Å². The topological polar surface area (TPSA) is 90.0 Å². The Morgan fingerprint density at radius 3 is 2.80 bits per heavy atom. The monoisotopic (exact) mass is 272 g/mol. The summed E-state index contributed by atoms with van der Waals surface area (Å²) in [4.78, 5) is 2.07. The summed E-state index contributed by atoms with van der Waals surface area (Å²) in [5.74, 6) is 0.521. The lowest BCUT2D eigenvalue weighted by Crippen LogP contribution is -2.49. The maximum Gasteiger partial charge on any atom is 0.220 e. The quantitative estimate of drug-likeness (QED) is 0.726. The summed E-state index contributed by atoms with van der Waals surface area (Å²) >= 11 is 0. The molecular weight excluding hydrogens is 256 g/mol. The van der Waals surface area contributed by atoms with Gasteiger partial charge in [-0.3, -0.25) is 0 Å². The molecule has 7 heteroatoms. The van der Waals surface area contributed by atoms with Gasteiger partial charge < -0.3 is 15.3 Å². The number of tetrazole rings is 1. The van der Waals surface area contributed by atoms with Crippen LogP contribution in [0.15, 0.2) is 42.7 Å². The molecule has 0 aliphatic carbocycles. The summed E-state index contributed by atoms with van der Waals surface area (Å²) in [6.45, 7) is 0.716. The van der Waals surface area contributed by atoms with E-state index < -0.39 is 5.66 Å². The van der Waals surface area contributed by atoms with E-state index in [1.165, 1.54) is 5.56 Å². The molecule has 0 fully saturated rings. The van der Waals surface area contributed by atoms with Crippen LogP contribution in [0.5, 0.6) is 0 Å². The Morgan fingerprint density at radius 2 is 2.10 bits per heavy atom. The first-order valence-electron chi connectivity index (χ1n) is 6.45. The number of aromatic amines is 1. The van der Waals surface area contributed by atoms with Crippen LogP contribution in [0, 0.1) is 0 Å². The van der Waals surface area contributed by atoms with E-state index in [1.54, 1.807) is 0 Å². The van der Waals surface area contributed by atoms with Crippen molar-refractivity contribution in [1.29, 1.82) is 0 Å². The van der Waals surface area contributed by atoms with Crippen LogP contribution in [-0.4, -0.2) is 37.2 Å². The van der Waals surface area contributed by atoms with Crippen LogP contribution < -0.4 is 5.32 Å². The summed E-state index contributed by atoms with van der Waals surface area (Å²) in [6, 6.07) is 10.1. The normalized spacial score (nSPS) is 21.1. The van der Waals surface area contributed by atoms with Crippen molar-refractivity contribution in [2.45, 2.75) is 18.6 Å². The zero-order chi connectivity index (χ0) is 13.8. The van der Waals surface area contributed by atoms with Crippen LogP contribution in [0.25, 0.3) is 0 Å². The smallest absolute Gasteiger partial charge is 0.220 e. The van der Waals surface area contributed by atoms with Crippen LogP contribution in [0.2, 0.25) is 0 Å². The highest BCUT2D eigenvalue weighted by molar-refractivity contribution is 5.19. The Kier molecular flexibility index (Phi) is 3.34. The minimum atomic E-state index is -0.655. The Labute approximate surface area is 116 Å². The summed E-state index contributed by atoms with van der Waals surface area (Å²) in [5, 5.41) is 26.9. The van der Waals surface area contributed by atoms with Crippen LogP contribution in [-0.2, 0) is 12.2 Å². The fraction of sp³-hybridized carbons (Fsp3) is 0.308. The van der Waals surface area contributed by atoms with Gasteiger partial charge in [0.05, 0.1) is 0 Å². The molecule has 0 radical (unpaired) electrons. The number of hydrogen-bond acceptors (Lipinski definition) is 6. The predicted octanol–water partition coefficient (Wildman–Crippen LogP) is 0.311. The molecule has 104 valence electrons. The summed E-state index contributed by atoms with van der Waals surface area (Å²) < 4.78 is 0. The van der Waals surface area contributed by atoms with Crippen molar-refractivity contribution in [2.24, 2.45) is 0 Å². The second-order valence-electron chi connectivity index (χ2n) is 4.64. The second kappa shape index (κ2) is 5.30. The van der Waals surface area contributed by atoms with E-state index in [2.05, 4.69) is 43.0 Å². The number of aliphatic hydroxyl groups excluding tert-OH is 1. The van der Waals surface area contributed by atoms with E-state index in [0.29, 0.717) is 18.8 Å². The molecule has 1 unspecified atom stereocenters. The molecule has 20 heavy (non-hydrogen) atoms. The van der Waals surface area contributed by atoms with Crippen molar-refractivity contribution in [3.05, 3.63) is 54.1 Å². The third-order valence-electron chi connectivity index (χ3n) is 3.45. The third kappa shape index (κ3) is 2.12. The minimum absolute atomic E-state index is 0.0223. The van der Waals surface area contributed by atoms with E-state index in [4.69, 9.17) is 0 Å². The number of benzene rings is 1. The first kappa shape index (κ1) is 12.6. The summed E-state index contributed by atoms with van der Waals surface area (Å²) in [5.41, 5.74) is 0.518. The maximum atomic E-state index is 9.39. The molecule has 2 aromatic rings. The van der Waals surface area contributed by atoms with E-state index in [1.807, 2.05) is 30.6 Å². The van der Waals surface area contributed by atoms with Crippen molar-refractivity contribution < 1.29 is 5.11 Å². The molecule has 0 saturated carbocycles. The van der Waals surface area contributed by atoms with Crippen molar-refractivity contribution in [1.82, 2.24) is 30.8 Å². The van der Waals surface area contributed by atoms with Gasteiger partial charge in [-0.2, -0.15) is 5.21 Å². The number of hydrogen-bond donors (Lipinski definition) is 3. The van der Waals surface area contributed by atoms with Gasteiger partial charge in [0.15, 0.2) is 5.66 Å². The van der Waals surface area contributed by atoms with E-state index in [9.17, 15) is 5.11 Å². The molecule has 0 spiro atoms. The van der Waals surface area contributed by atoms with Crippen LogP contribution >= 0.6 is 0 Å². The lowest BCUT2D eigenvalue weighted by Gasteiger charge is -2.36. The molecule has 0 amide bonds. The fourth-order valence-electron chi connectivity index (χ4n) is 2.46. The van der Waals surface area contributed by atoms with Gasteiger partial charge in [0.2, 0.25) is 5.82 Å². The maximum absolute atomic E-state index is 9.39. The molecule has 3 rings (SSSR count). The fourth-order valence-corrected chi connectivity index (χ4v) is 2.46. The third-order valence-corrected chi connectivity index (χ3v) is 3.45. The van der Waals surface area contributed by atoms with E-state index in [0.717, 1.165) is 0 Å². The Bertz CT molecular complexity index is 570. The standard InChI is InChI=1S/C13H16N6O/c20-9-6-13(12-15-17-18-16-12)14-7-8-19(13)10-11-4-2-1-3-5-11/h1-5,7-8,14,20H,6,9-10H2,(H,15,16,17,18). The van der Waals surface area contributed by atoms with Crippen LogP contribution in [0.1, 0.15) is 17.8 Å². The second-order valence-corrected chi connectivity index (χ2v) is 4.64. The number of aliphatic hydroxyl groups is 1. The molecule has 1 aliphatic rings. The summed E-state index contributed by atoms with van der Waals surface area (Å²) in [7, 11) is 0. The van der Waals surface area contributed by atoms with Gasteiger partial charge >= 0.3 is 0 Å². The Balaban J connectivity index is 1.90. The number of rotatable bonds is 5. The van der Waals surface area contributed by atoms with Gasteiger partial charge in [-0.25, -0.2) is 0 Å². The van der Waals surface area contributed by atoms with Crippen molar-refractivity contribution in [3.63, 3.8) is 0 Å². The lowest BCUT2D eigenvalue weighted by molar-refractivity contribution is 0.0844. The average Bonchev–Trinajstić information content (AvgIpc) is 3.11. The minimum Gasteiger partial charge on any atom is -0.396 e. The van der Waals surface area contributed by atoms with Gasteiger partial charge in [0.25, 0.3) is 0 Å². The van der Waals surface area contributed by atoms with Gasteiger partial charge in [-0.15, -0.1) is 10.2 Å². The molecular formula is C13H16N6O. The van der Waals surface area contributed by atoms with E-state index >= 15 is 0 Å². The predicted molar refractivity (Wildman–Crippen MR) is 71.8 cm³/mol. The first-order valence-corrected chi connectivity index (χ1v) is 6.45. The lowest BCUT2D eigenvalue weighted by atomic mass is 10.0. The molecule has 1 atom stereocenters. The first-order chi connectivity index (χ1) is 9.85. The molecule has 2 heterocycles. The zero-order valence-electron chi connectivity index (χ0n) is 10.9.